The average Bonchev–Trinajstić information content (AvgIpc) is 2.50. The molecule has 0 saturated heterocycles. The van der Waals surface area contributed by atoms with Gasteiger partial charge in [-0.15, -0.1) is 0 Å². The fourth-order valence-corrected chi connectivity index (χ4v) is 1.81. The second kappa shape index (κ2) is 6.82. The molecule has 0 fully saturated rings. The van der Waals surface area contributed by atoms with Crippen molar-refractivity contribution in [3.63, 3.8) is 0 Å². The van der Waals surface area contributed by atoms with Gasteiger partial charge in [-0.1, -0.05) is 19.1 Å². The van der Waals surface area contributed by atoms with Gasteiger partial charge in [0, 0.05) is 6.54 Å². The zero-order valence-corrected chi connectivity index (χ0v) is 11.5. The van der Waals surface area contributed by atoms with Crippen LogP contribution in [0.25, 0.3) is 0 Å². The zero-order chi connectivity index (χ0) is 15.2. The van der Waals surface area contributed by atoms with Gasteiger partial charge in [-0.25, -0.2) is 4.39 Å². The van der Waals surface area contributed by atoms with Crippen LogP contribution in [-0.4, -0.2) is 6.54 Å². The molecule has 21 heavy (non-hydrogen) atoms. The van der Waals surface area contributed by atoms with Crippen molar-refractivity contribution in [1.82, 2.24) is 5.32 Å². The Morgan fingerprint density at radius 1 is 1.19 bits per heavy atom. The van der Waals surface area contributed by atoms with Crippen LogP contribution in [-0.2, 0) is 6.54 Å². The summed E-state index contributed by atoms with van der Waals surface area (Å²) in [5.41, 5.74) is 1.19. The molecule has 0 atom stereocenters. The summed E-state index contributed by atoms with van der Waals surface area (Å²) in [7, 11) is 0. The lowest BCUT2D eigenvalue weighted by atomic mass is 10.1. The van der Waals surface area contributed by atoms with E-state index in [-0.39, 0.29) is 17.1 Å². The van der Waals surface area contributed by atoms with Crippen molar-refractivity contribution in [3.8, 4) is 17.6 Å². The Labute approximate surface area is 121 Å². The second-order valence-corrected chi connectivity index (χ2v) is 4.38. The summed E-state index contributed by atoms with van der Waals surface area (Å²) >= 11 is 0. The van der Waals surface area contributed by atoms with E-state index in [4.69, 9.17) is 10.00 Å². The molecule has 0 unspecified atom stereocenters. The van der Waals surface area contributed by atoms with Crippen molar-refractivity contribution in [1.29, 1.82) is 5.26 Å². The van der Waals surface area contributed by atoms with Crippen LogP contribution < -0.4 is 10.1 Å². The highest BCUT2D eigenvalue weighted by molar-refractivity contribution is 5.47. The summed E-state index contributed by atoms with van der Waals surface area (Å²) in [6.45, 7) is 3.42. The molecule has 108 valence electrons. The van der Waals surface area contributed by atoms with Crippen LogP contribution in [0.15, 0.2) is 36.4 Å². The van der Waals surface area contributed by atoms with E-state index in [9.17, 15) is 8.78 Å². The molecule has 2 aromatic rings. The minimum Gasteiger partial charge on any atom is -0.453 e. The van der Waals surface area contributed by atoms with E-state index in [0.717, 1.165) is 18.2 Å². The third-order valence-corrected chi connectivity index (χ3v) is 2.88. The Hall–Kier alpha value is -2.45. The van der Waals surface area contributed by atoms with Crippen molar-refractivity contribution in [2.24, 2.45) is 0 Å². The molecule has 0 saturated carbocycles. The van der Waals surface area contributed by atoms with Gasteiger partial charge in [-0.3, -0.25) is 0 Å². The summed E-state index contributed by atoms with van der Waals surface area (Å²) in [6.07, 6.45) is 0. The van der Waals surface area contributed by atoms with Gasteiger partial charge in [-0.2, -0.15) is 9.65 Å². The molecule has 0 aliphatic heterocycles. The SMILES string of the molecule is CCNCc1ccc(Oc2cccc(F)c2F)c(C#N)c1. The third-order valence-electron chi connectivity index (χ3n) is 2.88. The number of nitrogens with one attached hydrogen (secondary N) is 1. The minimum atomic E-state index is -1.07. The quantitative estimate of drug-likeness (QED) is 0.911. The Morgan fingerprint density at radius 2 is 2.00 bits per heavy atom. The molecule has 3 nitrogen and oxygen atoms in total. The predicted octanol–water partition coefficient (Wildman–Crippen LogP) is 3.74. The number of nitriles is 1. The number of benzene rings is 2. The molecular formula is C16H14F2N2O. The van der Waals surface area contributed by atoms with E-state index >= 15 is 0 Å². The van der Waals surface area contributed by atoms with Crippen molar-refractivity contribution in [2.75, 3.05) is 6.54 Å². The van der Waals surface area contributed by atoms with Crippen LogP contribution in [0.5, 0.6) is 11.5 Å². The van der Waals surface area contributed by atoms with Gasteiger partial charge in [0.05, 0.1) is 5.56 Å². The highest BCUT2D eigenvalue weighted by Crippen LogP contribution is 2.28. The van der Waals surface area contributed by atoms with Crippen molar-refractivity contribution in [2.45, 2.75) is 13.5 Å². The summed E-state index contributed by atoms with van der Waals surface area (Å²) in [4.78, 5) is 0. The fourth-order valence-electron chi connectivity index (χ4n) is 1.81. The molecule has 0 aliphatic carbocycles. The van der Waals surface area contributed by atoms with Gasteiger partial charge in [0.1, 0.15) is 11.8 Å². The van der Waals surface area contributed by atoms with Crippen molar-refractivity contribution >= 4 is 0 Å². The van der Waals surface area contributed by atoms with Gasteiger partial charge in [-0.05, 0) is 36.4 Å². The predicted molar refractivity (Wildman–Crippen MR) is 75.0 cm³/mol. The molecule has 0 heterocycles. The maximum atomic E-state index is 13.6. The van der Waals surface area contributed by atoms with Crippen LogP contribution in [0.4, 0.5) is 8.78 Å². The second-order valence-electron chi connectivity index (χ2n) is 4.38. The van der Waals surface area contributed by atoms with Gasteiger partial charge in [0.15, 0.2) is 11.6 Å². The Morgan fingerprint density at radius 3 is 2.71 bits per heavy atom. The minimum absolute atomic E-state index is 0.197. The molecule has 0 aliphatic rings. The molecule has 0 spiro atoms. The largest absolute Gasteiger partial charge is 0.453 e. The molecule has 0 aromatic heterocycles. The fraction of sp³-hybridized carbons (Fsp3) is 0.188. The maximum Gasteiger partial charge on any atom is 0.201 e. The van der Waals surface area contributed by atoms with E-state index in [1.165, 1.54) is 12.1 Å². The first-order valence-corrected chi connectivity index (χ1v) is 6.51. The van der Waals surface area contributed by atoms with Crippen LogP contribution in [0.2, 0.25) is 0 Å². The standard InChI is InChI=1S/C16H14F2N2O/c1-2-20-10-11-6-7-14(12(8-11)9-19)21-15-5-3-4-13(17)16(15)18/h3-8,20H,2,10H2,1H3. The molecule has 2 rings (SSSR count). The van der Waals surface area contributed by atoms with E-state index in [0.29, 0.717) is 6.54 Å². The van der Waals surface area contributed by atoms with E-state index < -0.39 is 11.6 Å². The lowest BCUT2D eigenvalue weighted by Gasteiger charge is -2.10. The molecule has 1 N–H and O–H groups in total. The first-order valence-electron chi connectivity index (χ1n) is 6.51. The first kappa shape index (κ1) is 14.9. The number of rotatable bonds is 5. The lowest BCUT2D eigenvalue weighted by Crippen LogP contribution is -2.11. The van der Waals surface area contributed by atoms with Gasteiger partial charge in [0.25, 0.3) is 0 Å². The van der Waals surface area contributed by atoms with Crippen LogP contribution in [0, 0.1) is 23.0 Å². The van der Waals surface area contributed by atoms with E-state index in [1.54, 1.807) is 18.2 Å². The Bertz CT molecular complexity index is 680. The summed E-state index contributed by atoms with van der Waals surface area (Å²) in [5.74, 6) is -2.11. The monoisotopic (exact) mass is 288 g/mol. The highest BCUT2D eigenvalue weighted by Gasteiger charge is 2.12. The number of ether oxygens (including phenoxy) is 1. The third kappa shape index (κ3) is 3.56. The number of halogens is 2. The maximum absolute atomic E-state index is 13.6. The number of nitrogens with zero attached hydrogens (tertiary/aromatic N) is 1. The summed E-state index contributed by atoms with van der Waals surface area (Å²) < 4.78 is 32.0. The lowest BCUT2D eigenvalue weighted by molar-refractivity contribution is 0.415. The van der Waals surface area contributed by atoms with E-state index in [1.807, 2.05) is 13.0 Å². The molecule has 0 bridgehead atoms. The Kier molecular flexibility index (Phi) is 4.85. The van der Waals surface area contributed by atoms with Crippen LogP contribution >= 0.6 is 0 Å². The van der Waals surface area contributed by atoms with E-state index in [2.05, 4.69) is 5.32 Å². The van der Waals surface area contributed by atoms with Crippen LogP contribution in [0.3, 0.4) is 0 Å². The molecule has 2 aromatic carbocycles. The molecule has 0 amide bonds. The molecule has 0 radical (unpaired) electrons. The molecular weight excluding hydrogens is 274 g/mol. The number of hydrogen-bond acceptors (Lipinski definition) is 3. The van der Waals surface area contributed by atoms with Gasteiger partial charge >= 0.3 is 0 Å². The van der Waals surface area contributed by atoms with Crippen molar-refractivity contribution < 1.29 is 13.5 Å². The summed E-state index contributed by atoms with van der Waals surface area (Å²) in [5, 5.41) is 12.3. The summed E-state index contributed by atoms with van der Waals surface area (Å²) in [6, 6.07) is 10.7. The highest BCUT2D eigenvalue weighted by atomic mass is 19.2. The molecule has 5 heteroatoms. The normalized spacial score (nSPS) is 10.2. The zero-order valence-electron chi connectivity index (χ0n) is 11.5. The van der Waals surface area contributed by atoms with Gasteiger partial charge in [0.2, 0.25) is 5.82 Å². The number of hydrogen-bond donors (Lipinski definition) is 1. The Balaban J connectivity index is 2.28. The van der Waals surface area contributed by atoms with Crippen LogP contribution in [0.1, 0.15) is 18.1 Å². The topological polar surface area (TPSA) is 45.0 Å². The van der Waals surface area contributed by atoms with Crippen molar-refractivity contribution in [3.05, 3.63) is 59.2 Å². The smallest absolute Gasteiger partial charge is 0.201 e. The first-order chi connectivity index (χ1) is 10.2. The van der Waals surface area contributed by atoms with Gasteiger partial charge < -0.3 is 10.1 Å². The average molecular weight is 288 g/mol.